The van der Waals surface area contributed by atoms with Crippen molar-refractivity contribution < 1.29 is 0 Å². The van der Waals surface area contributed by atoms with Gasteiger partial charge in [0.05, 0.1) is 0 Å². The van der Waals surface area contributed by atoms with E-state index in [0.717, 1.165) is 5.69 Å². The molecule has 0 amide bonds. The van der Waals surface area contributed by atoms with Crippen molar-refractivity contribution in [1.82, 2.24) is 23.1 Å². The van der Waals surface area contributed by atoms with Gasteiger partial charge in [-0.05, 0) is 27.7 Å². The van der Waals surface area contributed by atoms with E-state index < -0.39 is 0 Å². The smallest absolute Gasteiger partial charge is 0.312 e. The average Bonchev–Trinajstić information content (AvgIpc) is 2.90. The molecular formula is C14H19N5O2. The van der Waals surface area contributed by atoms with E-state index in [1.165, 1.54) is 9.13 Å². The van der Waals surface area contributed by atoms with Crippen molar-refractivity contribution >= 4 is 16.9 Å². The minimum atomic E-state index is -0.330. The van der Waals surface area contributed by atoms with Crippen molar-refractivity contribution in [3.8, 4) is 0 Å². The largest absolute Gasteiger partial charge is 0.332 e. The summed E-state index contributed by atoms with van der Waals surface area (Å²) in [5.74, 6) is 0.693. The molecule has 0 aliphatic rings. The summed E-state index contributed by atoms with van der Waals surface area (Å²) in [6.45, 7) is 8.25. The van der Waals surface area contributed by atoms with Gasteiger partial charge in [0, 0.05) is 31.5 Å². The second-order valence-electron chi connectivity index (χ2n) is 5.58. The summed E-state index contributed by atoms with van der Waals surface area (Å²) in [7, 11) is 1.65. The Bertz CT molecular complexity index is 967. The molecule has 0 radical (unpaired) electrons. The lowest BCUT2D eigenvalue weighted by Crippen LogP contribution is -2.38. The standard InChI is InChI=1S/C14H19N5O2/c1-6-17-12(20)10-11(16(5)14(17)21)15-13-18(10)7-9(4)19(13)8(2)3/h7-8H,6H2,1-5H3. The highest BCUT2D eigenvalue weighted by Gasteiger charge is 2.20. The Morgan fingerprint density at radius 3 is 2.52 bits per heavy atom. The van der Waals surface area contributed by atoms with Gasteiger partial charge in [-0.2, -0.15) is 4.98 Å². The van der Waals surface area contributed by atoms with Gasteiger partial charge in [0.25, 0.3) is 5.56 Å². The molecule has 7 heteroatoms. The molecule has 0 aliphatic carbocycles. The fourth-order valence-corrected chi connectivity index (χ4v) is 2.94. The average molecular weight is 289 g/mol. The van der Waals surface area contributed by atoms with E-state index in [1.54, 1.807) is 18.4 Å². The van der Waals surface area contributed by atoms with Gasteiger partial charge in [0.2, 0.25) is 5.78 Å². The molecule has 21 heavy (non-hydrogen) atoms. The highest BCUT2D eigenvalue weighted by Crippen LogP contribution is 2.19. The van der Waals surface area contributed by atoms with Crippen LogP contribution in [0.1, 0.15) is 32.5 Å². The second kappa shape index (κ2) is 4.34. The molecule has 0 aliphatic heterocycles. The molecular weight excluding hydrogens is 270 g/mol. The molecule has 0 N–H and O–H groups in total. The Morgan fingerprint density at radius 2 is 1.95 bits per heavy atom. The molecule has 3 rings (SSSR count). The quantitative estimate of drug-likeness (QED) is 0.708. The minimum absolute atomic E-state index is 0.227. The summed E-state index contributed by atoms with van der Waals surface area (Å²) in [6, 6.07) is 0.227. The number of hydrogen-bond acceptors (Lipinski definition) is 3. The summed E-state index contributed by atoms with van der Waals surface area (Å²) in [5.41, 5.74) is 1.30. The maximum atomic E-state index is 12.6. The van der Waals surface area contributed by atoms with Gasteiger partial charge in [-0.25, -0.2) is 4.79 Å². The van der Waals surface area contributed by atoms with Crippen LogP contribution in [0.4, 0.5) is 0 Å². The van der Waals surface area contributed by atoms with Crippen LogP contribution in [0.2, 0.25) is 0 Å². The zero-order valence-corrected chi connectivity index (χ0v) is 12.9. The molecule has 0 saturated heterocycles. The predicted octanol–water partition coefficient (Wildman–Crippen LogP) is 1.06. The van der Waals surface area contributed by atoms with Crippen molar-refractivity contribution in [2.75, 3.05) is 0 Å². The van der Waals surface area contributed by atoms with Crippen LogP contribution in [0, 0.1) is 6.92 Å². The summed E-state index contributed by atoms with van der Waals surface area (Å²) < 4.78 is 6.52. The lowest BCUT2D eigenvalue weighted by Gasteiger charge is -2.08. The SMILES string of the molecule is CCn1c(=O)c2c(nc3n(C(C)C)c(C)cn23)n(C)c1=O. The summed E-state index contributed by atoms with van der Waals surface area (Å²) in [6.07, 6.45) is 1.90. The first kappa shape index (κ1) is 13.7. The van der Waals surface area contributed by atoms with Gasteiger partial charge < -0.3 is 4.57 Å². The number of nitrogens with zero attached hydrogens (tertiary/aromatic N) is 5. The van der Waals surface area contributed by atoms with Gasteiger partial charge >= 0.3 is 5.69 Å². The van der Waals surface area contributed by atoms with Crippen LogP contribution in [-0.4, -0.2) is 23.1 Å². The van der Waals surface area contributed by atoms with Gasteiger partial charge in [-0.15, -0.1) is 0 Å². The van der Waals surface area contributed by atoms with Crippen LogP contribution in [-0.2, 0) is 13.6 Å². The number of hydrogen-bond donors (Lipinski definition) is 0. The molecule has 0 bridgehead atoms. The molecule has 3 heterocycles. The Morgan fingerprint density at radius 1 is 1.29 bits per heavy atom. The van der Waals surface area contributed by atoms with Crippen LogP contribution in [0.15, 0.2) is 15.8 Å². The lowest BCUT2D eigenvalue weighted by atomic mass is 10.3. The zero-order chi connectivity index (χ0) is 15.5. The van der Waals surface area contributed by atoms with E-state index in [9.17, 15) is 9.59 Å². The van der Waals surface area contributed by atoms with Gasteiger partial charge in [0.1, 0.15) is 0 Å². The molecule has 0 unspecified atom stereocenters. The first-order chi connectivity index (χ1) is 9.88. The third-order valence-corrected chi connectivity index (χ3v) is 3.90. The highest BCUT2D eigenvalue weighted by atomic mass is 16.2. The van der Waals surface area contributed by atoms with Gasteiger partial charge in [-0.1, -0.05) is 0 Å². The minimum Gasteiger partial charge on any atom is -0.312 e. The van der Waals surface area contributed by atoms with E-state index in [1.807, 2.05) is 13.1 Å². The van der Waals surface area contributed by atoms with Crippen molar-refractivity contribution in [2.45, 2.75) is 40.3 Å². The Hall–Kier alpha value is -2.31. The number of aromatic nitrogens is 5. The van der Waals surface area contributed by atoms with Crippen LogP contribution in [0.25, 0.3) is 16.9 Å². The summed E-state index contributed by atoms with van der Waals surface area (Å²) in [5, 5.41) is 0. The topological polar surface area (TPSA) is 66.2 Å². The van der Waals surface area contributed by atoms with E-state index in [-0.39, 0.29) is 17.3 Å². The van der Waals surface area contributed by atoms with Crippen molar-refractivity contribution in [3.05, 3.63) is 32.7 Å². The monoisotopic (exact) mass is 289 g/mol. The van der Waals surface area contributed by atoms with Crippen molar-refractivity contribution in [1.29, 1.82) is 0 Å². The van der Waals surface area contributed by atoms with Crippen LogP contribution in [0.5, 0.6) is 0 Å². The number of aryl methyl sites for hydroxylation is 2. The van der Waals surface area contributed by atoms with Crippen molar-refractivity contribution in [3.63, 3.8) is 0 Å². The predicted molar refractivity (Wildman–Crippen MR) is 81.0 cm³/mol. The third kappa shape index (κ3) is 1.63. The molecule has 7 nitrogen and oxygen atoms in total. The zero-order valence-electron chi connectivity index (χ0n) is 12.9. The molecule has 0 aromatic carbocycles. The van der Waals surface area contributed by atoms with Crippen LogP contribution < -0.4 is 11.2 Å². The van der Waals surface area contributed by atoms with Gasteiger partial charge in [0.15, 0.2) is 11.2 Å². The molecule has 3 aromatic rings. The molecule has 0 fully saturated rings. The highest BCUT2D eigenvalue weighted by molar-refractivity contribution is 5.75. The summed E-state index contributed by atoms with van der Waals surface area (Å²) in [4.78, 5) is 29.3. The van der Waals surface area contributed by atoms with E-state index in [4.69, 9.17) is 0 Å². The Labute approximate surface area is 121 Å². The number of fused-ring (bicyclic) bond motifs is 3. The fraction of sp³-hybridized carbons (Fsp3) is 0.500. The first-order valence-electron chi connectivity index (χ1n) is 7.07. The molecule has 0 atom stereocenters. The van der Waals surface area contributed by atoms with Crippen LogP contribution in [0.3, 0.4) is 0 Å². The Balaban J connectivity index is 2.62. The second-order valence-corrected chi connectivity index (χ2v) is 5.58. The summed E-state index contributed by atoms with van der Waals surface area (Å²) >= 11 is 0. The normalized spacial score (nSPS) is 12.1. The van der Waals surface area contributed by atoms with E-state index in [2.05, 4.69) is 23.4 Å². The molecule has 3 aromatic heterocycles. The maximum Gasteiger partial charge on any atom is 0.332 e. The van der Waals surface area contributed by atoms with E-state index >= 15 is 0 Å². The van der Waals surface area contributed by atoms with Crippen LogP contribution >= 0.6 is 0 Å². The maximum absolute atomic E-state index is 12.6. The molecule has 0 saturated carbocycles. The van der Waals surface area contributed by atoms with E-state index in [0.29, 0.717) is 23.5 Å². The first-order valence-corrected chi connectivity index (χ1v) is 7.07. The van der Waals surface area contributed by atoms with Crippen molar-refractivity contribution in [2.24, 2.45) is 7.05 Å². The number of imidazole rings is 2. The number of rotatable bonds is 2. The molecule has 112 valence electrons. The van der Waals surface area contributed by atoms with Gasteiger partial charge in [-0.3, -0.25) is 18.3 Å². The fourth-order valence-electron chi connectivity index (χ4n) is 2.94. The Kier molecular flexibility index (Phi) is 2.82. The lowest BCUT2D eigenvalue weighted by molar-refractivity contribution is 0.601. The molecule has 0 spiro atoms. The third-order valence-electron chi connectivity index (χ3n) is 3.90.